The number of halogens is 1. The van der Waals surface area contributed by atoms with Crippen molar-refractivity contribution in [2.24, 2.45) is 16.8 Å². The Morgan fingerprint density at radius 3 is 2.78 bits per heavy atom. The Bertz CT molecular complexity index is 475. The van der Waals surface area contributed by atoms with E-state index in [4.69, 9.17) is 0 Å². The lowest BCUT2D eigenvalue weighted by molar-refractivity contribution is 0.150. The molecule has 0 bridgehead atoms. The van der Waals surface area contributed by atoms with Crippen molar-refractivity contribution in [1.29, 1.82) is 0 Å². The van der Waals surface area contributed by atoms with Gasteiger partial charge in [-0.25, -0.2) is 4.98 Å². The first-order chi connectivity index (χ1) is 10.8. The van der Waals surface area contributed by atoms with E-state index < -0.39 is 0 Å². The molecule has 130 valence electrons. The monoisotopic (exact) mass is 432 g/mol. The van der Waals surface area contributed by atoms with Crippen molar-refractivity contribution in [3.8, 4) is 0 Å². The second-order valence-corrected chi connectivity index (χ2v) is 6.62. The van der Waals surface area contributed by atoms with Crippen LogP contribution in [0.3, 0.4) is 0 Å². The smallest absolute Gasteiger partial charge is 0.191 e. The molecule has 3 atom stereocenters. The van der Waals surface area contributed by atoms with Crippen LogP contribution in [0.15, 0.2) is 17.6 Å². The van der Waals surface area contributed by atoms with Gasteiger partial charge >= 0.3 is 0 Å². The fraction of sp³-hybridized carbons (Fsp3) is 0.812. The molecule has 1 heterocycles. The number of nitrogens with one attached hydrogen (secondary N) is 2. The van der Waals surface area contributed by atoms with E-state index in [1.165, 1.54) is 44.9 Å². The lowest BCUT2D eigenvalue weighted by atomic mass is 9.69. The summed E-state index contributed by atoms with van der Waals surface area (Å²) in [5, 5.41) is 11.1. The quantitative estimate of drug-likeness (QED) is 0.436. The van der Waals surface area contributed by atoms with Crippen LogP contribution in [-0.4, -0.2) is 40.4 Å². The Kier molecular flexibility index (Phi) is 7.58. The van der Waals surface area contributed by atoms with E-state index >= 15 is 0 Å². The van der Waals surface area contributed by atoms with Crippen LogP contribution >= 0.6 is 24.0 Å². The summed E-state index contributed by atoms with van der Waals surface area (Å²) >= 11 is 0. The van der Waals surface area contributed by atoms with Crippen LogP contribution in [-0.2, 0) is 6.54 Å². The van der Waals surface area contributed by atoms with E-state index in [0.717, 1.165) is 30.9 Å². The topological polar surface area (TPSA) is 67.1 Å². The molecule has 2 N–H and O–H groups in total. The number of aromatic nitrogens is 3. The number of fused-ring (bicyclic) bond motifs is 1. The minimum Gasteiger partial charge on any atom is -0.355 e. The molecular formula is C16H29IN6. The van der Waals surface area contributed by atoms with Gasteiger partial charge in [-0.1, -0.05) is 25.7 Å². The van der Waals surface area contributed by atoms with Crippen LogP contribution in [0.1, 0.15) is 44.9 Å². The first kappa shape index (κ1) is 18.5. The summed E-state index contributed by atoms with van der Waals surface area (Å²) in [5.74, 6) is 2.85. The Morgan fingerprint density at radius 1 is 1.22 bits per heavy atom. The average molecular weight is 432 g/mol. The van der Waals surface area contributed by atoms with Crippen LogP contribution in [0.25, 0.3) is 0 Å². The third-order valence-electron chi connectivity index (χ3n) is 5.20. The molecule has 2 aliphatic carbocycles. The number of nitrogens with zero attached hydrogens (tertiary/aromatic N) is 4. The van der Waals surface area contributed by atoms with E-state index in [1.54, 1.807) is 12.7 Å². The number of aliphatic imine (C=N–C) groups is 1. The molecule has 2 saturated carbocycles. The van der Waals surface area contributed by atoms with Crippen molar-refractivity contribution in [2.75, 3.05) is 13.6 Å². The SMILES string of the molecule is CN=C(NCCn1cncn1)NC1CCC2CCCCC2C1.I. The Balaban J connectivity index is 0.00000192. The summed E-state index contributed by atoms with van der Waals surface area (Å²) in [7, 11) is 1.84. The number of guanidine groups is 1. The van der Waals surface area contributed by atoms with E-state index in [1.807, 2.05) is 11.7 Å². The maximum absolute atomic E-state index is 4.35. The van der Waals surface area contributed by atoms with Gasteiger partial charge in [0.05, 0.1) is 6.54 Å². The summed E-state index contributed by atoms with van der Waals surface area (Å²) in [5.41, 5.74) is 0. The largest absolute Gasteiger partial charge is 0.355 e. The van der Waals surface area contributed by atoms with Gasteiger partial charge in [0.15, 0.2) is 5.96 Å². The molecule has 0 aromatic carbocycles. The first-order valence-electron chi connectivity index (χ1n) is 8.64. The molecule has 1 aromatic heterocycles. The average Bonchev–Trinajstić information content (AvgIpc) is 3.07. The standard InChI is InChI=1S/C16H28N6.HI/c1-17-16(19-8-9-22-12-18-11-20-22)21-15-7-6-13-4-2-3-5-14(13)10-15;/h11-15H,2-10H2,1H3,(H2,17,19,21);1H. The Morgan fingerprint density at radius 2 is 2.04 bits per heavy atom. The van der Waals surface area contributed by atoms with Crippen molar-refractivity contribution in [3.63, 3.8) is 0 Å². The number of hydrogen-bond acceptors (Lipinski definition) is 3. The molecule has 7 heteroatoms. The zero-order valence-electron chi connectivity index (χ0n) is 13.9. The van der Waals surface area contributed by atoms with E-state index in [-0.39, 0.29) is 24.0 Å². The van der Waals surface area contributed by atoms with Gasteiger partial charge in [0, 0.05) is 19.6 Å². The van der Waals surface area contributed by atoms with Crippen LogP contribution in [0.4, 0.5) is 0 Å². The molecular weight excluding hydrogens is 403 g/mol. The summed E-state index contributed by atoms with van der Waals surface area (Å²) in [6.07, 6.45) is 13.1. The molecule has 6 nitrogen and oxygen atoms in total. The maximum atomic E-state index is 4.35. The molecule has 0 aliphatic heterocycles. The molecule has 3 rings (SSSR count). The molecule has 0 spiro atoms. The fourth-order valence-electron chi connectivity index (χ4n) is 4.03. The van der Waals surface area contributed by atoms with E-state index in [0.29, 0.717) is 6.04 Å². The van der Waals surface area contributed by atoms with Gasteiger partial charge in [0.25, 0.3) is 0 Å². The van der Waals surface area contributed by atoms with Gasteiger partial charge < -0.3 is 10.6 Å². The van der Waals surface area contributed by atoms with Crippen molar-refractivity contribution < 1.29 is 0 Å². The predicted octanol–water partition coefficient (Wildman–Crippen LogP) is 2.42. The predicted molar refractivity (Wildman–Crippen MR) is 103 cm³/mol. The highest BCUT2D eigenvalue weighted by molar-refractivity contribution is 14.0. The van der Waals surface area contributed by atoms with Gasteiger partial charge in [0.1, 0.15) is 12.7 Å². The molecule has 0 saturated heterocycles. The van der Waals surface area contributed by atoms with Crippen LogP contribution < -0.4 is 10.6 Å². The normalized spacial score (nSPS) is 27.7. The van der Waals surface area contributed by atoms with Crippen LogP contribution in [0.2, 0.25) is 0 Å². The minimum absolute atomic E-state index is 0. The molecule has 23 heavy (non-hydrogen) atoms. The summed E-state index contributed by atoms with van der Waals surface area (Å²) in [6, 6.07) is 0.580. The zero-order valence-corrected chi connectivity index (χ0v) is 16.3. The van der Waals surface area contributed by atoms with Gasteiger partial charge in [-0.3, -0.25) is 9.67 Å². The number of hydrogen-bond donors (Lipinski definition) is 2. The highest BCUT2D eigenvalue weighted by atomic mass is 127. The van der Waals surface area contributed by atoms with Gasteiger partial charge in [-0.2, -0.15) is 5.10 Å². The van der Waals surface area contributed by atoms with Gasteiger partial charge in [-0.15, -0.1) is 24.0 Å². The third-order valence-corrected chi connectivity index (χ3v) is 5.20. The van der Waals surface area contributed by atoms with Crippen molar-refractivity contribution >= 4 is 29.9 Å². The lowest BCUT2D eigenvalue weighted by Gasteiger charge is -2.39. The van der Waals surface area contributed by atoms with Crippen LogP contribution in [0.5, 0.6) is 0 Å². The second-order valence-electron chi connectivity index (χ2n) is 6.62. The third kappa shape index (κ3) is 5.32. The van der Waals surface area contributed by atoms with Crippen molar-refractivity contribution in [2.45, 2.75) is 57.5 Å². The van der Waals surface area contributed by atoms with E-state index in [9.17, 15) is 0 Å². The van der Waals surface area contributed by atoms with Crippen LogP contribution in [0, 0.1) is 11.8 Å². The number of rotatable bonds is 4. The fourth-order valence-corrected chi connectivity index (χ4v) is 4.03. The Labute approximate surface area is 155 Å². The van der Waals surface area contributed by atoms with Gasteiger partial charge in [-0.05, 0) is 31.1 Å². The molecule has 2 fully saturated rings. The van der Waals surface area contributed by atoms with Crippen molar-refractivity contribution in [3.05, 3.63) is 12.7 Å². The Hall–Kier alpha value is -0.860. The molecule has 3 unspecified atom stereocenters. The van der Waals surface area contributed by atoms with E-state index in [2.05, 4.69) is 25.7 Å². The lowest BCUT2D eigenvalue weighted by Crippen LogP contribution is -2.47. The second kappa shape index (κ2) is 9.44. The highest BCUT2D eigenvalue weighted by Crippen LogP contribution is 2.40. The highest BCUT2D eigenvalue weighted by Gasteiger charge is 2.32. The maximum Gasteiger partial charge on any atom is 0.191 e. The summed E-state index contributed by atoms with van der Waals surface area (Å²) in [6.45, 7) is 1.61. The summed E-state index contributed by atoms with van der Waals surface area (Å²) < 4.78 is 1.83. The van der Waals surface area contributed by atoms with Gasteiger partial charge in [0.2, 0.25) is 0 Å². The molecule has 0 amide bonds. The van der Waals surface area contributed by atoms with Crippen molar-refractivity contribution in [1.82, 2.24) is 25.4 Å². The molecule has 2 aliphatic rings. The zero-order chi connectivity index (χ0) is 15.2. The first-order valence-corrected chi connectivity index (χ1v) is 8.64. The summed E-state index contributed by atoms with van der Waals surface area (Å²) in [4.78, 5) is 8.30. The minimum atomic E-state index is 0. The molecule has 0 radical (unpaired) electrons. The molecule has 1 aromatic rings.